The van der Waals surface area contributed by atoms with Gasteiger partial charge in [0, 0.05) is 11.9 Å². The maximum atomic E-state index is 13.2. The Balaban J connectivity index is 1.60. The van der Waals surface area contributed by atoms with Crippen LogP contribution in [0.25, 0.3) is 10.8 Å². The first-order chi connectivity index (χ1) is 14.6. The number of fused-ring (bicyclic) bond motifs is 1. The number of pyridine rings is 1. The fourth-order valence-corrected chi connectivity index (χ4v) is 3.50. The van der Waals surface area contributed by atoms with Crippen molar-refractivity contribution in [3.8, 4) is 0 Å². The number of amides is 1. The molecule has 0 fully saturated rings. The lowest BCUT2D eigenvalue weighted by Crippen LogP contribution is -2.42. The van der Waals surface area contributed by atoms with Crippen molar-refractivity contribution in [2.45, 2.75) is 19.5 Å². The van der Waals surface area contributed by atoms with E-state index in [4.69, 9.17) is 5.73 Å². The van der Waals surface area contributed by atoms with E-state index < -0.39 is 6.04 Å². The van der Waals surface area contributed by atoms with Crippen molar-refractivity contribution >= 4 is 33.7 Å². The van der Waals surface area contributed by atoms with Crippen molar-refractivity contribution in [1.82, 2.24) is 4.98 Å². The summed E-state index contributed by atoms with van der Waals surface area (Å²) in [6.45, 7) is 2.35. The van der Waals surface area contributed by atoms with Crippen LogP contribution in [-0.4, -0.2) is 16.9 Å². The number of hydrogen-bond acceptors (Lipinski definition) is 4. The molecule has 0 saturated heterocycles. The van der Waals surface area contributed by atoms with E-state index in [-0.39, 0.29) is 5.91 Å². The number of nitrogen functional groups attached to an aromatic ring is 1. The maximum Gasteiger partial charge on any atom is 0.246 e. The lowest BCUT2D eigenvalue weighted by atomic mass is 10.1. The summed E-state index contributed by atoms with van der Waals surface area (Å²) in [5.74, 6) is -0.107. The lowest BCUT2D eigenvalue weighted by molar-refractivity contribution is -0.117. The SMILES string of the molecule is CC(C(=O)Nc1ccc2ccccc2c1)N(Cc1ccccn1)c1ccccc1N. The van der Waals surface area contributed by atoms with Gasteiger partial charge in [-0.15, -0.1) is 0 Å². The second-order valence-corrected chi connectivity index (χ2v) is 7.23. The number of carbonyl (C=O) groups is 1. The van der Waals surface area contributed by atoms with Crippen LogP contribution in [0.4, 0.5) is 17.1 Å². The van der Waals surface area contributed by atoms with Crippen molar-refractivity contribution in [3.63, 3.8) is 0 Å². The number of nitrogens with two attached hydrogens (primary N) is 1. The third-order valence-electron chi connectivity index (χ3n) is 5.17. The highest BCUT2D eigenvalue weighted by atomic mass is 16.2. The summed E-state index contributed by atoms with van der Waals surface area (Å²) >= 11 is 0. The molecule has 0 aliphatic carbocycles. The molecular weight excluding hydrogens is 372 g/mol. The van der Waals surface area contributed by atoms with Crippen LogP contribution in [0.2, 0.25) is 0 Å². The number of aromatic nitrogens is 1. The normalized spacial score (nSPS) is 11.8. The fraction of sp³-hybridized carbons (Fsp3) is 0.120. The van der Waals surface area contributed by atoms with Gasteiger partial charge in [-0.05, 0) is 54.1 Å². The summed E-state index contributed by atoms with van der Waals surface area (Å²) in [7, 11) is 0. The number of nitrogens with zero attached hydrogens (tertiary/aromatic N) is 2. The van der Waals surface area contributed by atoms with Gasteiger partial charge in [-0.2, -0.15) is 0 Å². The molecule has 1 heterocycles. The summed E-state index contributed by atoms with van der Waals surface area (Å²) in [5, 5.41) is 5.27. The van der Waals surface area contributed by atoms with Gasteiger partial charge in [-0.25, -0.2) is 0 Å². The van der Waals surface area contributed by atoms with Crippen LogP contribution in [0.15, 0.2) is 91.1 Å². The van der Waals surface area contributed by atoms with Gasteiger partial charge in [-0.1, -0.05) is 48.5 Å². The average molecular weight is 396 g/mol. The van der Waals surface area contributed by atoms with Crippen LogP contribution in [-0.2, 0) is 11.3 Å². The van der Waals surface area contributed by atoms with E-state index >= 15 is 0 Å². The van der Waals surface area contributed by atoms with Crippen LogP contribution in [0.5, 0.6) is 0 Å². The first kappa shape index (κ1) is 19.5. The van der Waals surface area contributed by atoms with Gasteiger partial charge in [0.15, 0.2) is 0 Å². The quantitative estimate of drug-likeness (QED) is 0.457. The first-order valence-electron chi connectivity index (χ1n) is 9.92. The molecule has 3 N–H and O–H groups in total. The highest BCUT2D eigenvalue weighted by Gasteiger charge is 2.24. The first-order valence-corrected chi connectivity index (χ1v) is 9.92. The second kappa shape index (κ2) is 8.66. The van der Waals surface area contributed by atoms with Gasteiger partial charge in [-0.3, -0.25) is 9.78 Å². The molecule has 150 valence electrons. The van der Waals surface area contributed by atoms with Crippen LogP contribution >= 0.6 is 0 Å². The predicted molar refractivity (Wildman–Crippen MR) is 123 cm³/mol. The van der Waals surface area contributed by atoms with Gasteiger partial charge in [0.1, 0.15) is 6.04 Å². The minimum Gasteiger partial charge on any atom is -0.397 e. The van der Waals surface area contributed by atoms with E-state index in [2.05, 4.69) is 16.4 Å². The van der Waals surface area contributed by atoms with Gasteiger partial charge in [0.05, 0.1) is 23.6 Å². The molecule has 0 aliphatic rings. The molecule has 1 amide bonds. The van der Waals surface area contributed by atoms with E-state index in [0.29, 0.717) is 12.2 Å². The summed E-state index contributed by atoms with van der Waals surface area (Å²) in [5.41, 5.74) is 9.30. The summed E-state index contributed by atoms with van der Waals surface area (Å²) < 4.78 is 0. The summed E-state index contributed by atoms with van der Waals surface area (Å²) in [6.07, 6.45) is 1.75. The summed E-state index contributed by atoms with van der Waals surface area (Å²) in [6, 6.07) is 26.9. The van der Waals surface area contributed by atoms with Gasteiger partial charge in [0.2, 0.25) is 5.91 Å². The van der Waals surface area contributed by atoms with Crippen molar-refractivity contribution < 1.29 is 4.79 Å². The molecule has 5 heteroatoms. The standard InChI is InChI=1S/C25H24N4O/c1-18(25(30)28-21-14-13-19-8-2-3-9-20(19)16-21)29(17-22-10-6-7-15-27-22)24-12-5-4-11-23(24)26/h2-16,18H,17,26H2,1H3,(H,28,30). The van der Waals surface area contributed by atoms with Crippen molar-refractivity contribution in [1.29, 1.82) is 0 Å². The molecule has 0 bridgehead atoms. The molecular formula is C25H24N4O. The largest absolute Gasteiger partial charge is 0.397 e. The Bertz CT molecular complexity index is 1160. The Morgan fingerprint density at radius 3 is 2.47 bits per heavy atom. The van der Waals surface area contributed by atoms with E-state index in [1.807, 2.05) is 90.7 Å². The number of rotatable bonds is 6. The molecule has 4 rings (SSSR count). The highest BCUT2D eigenvalue weighted by molar-refractivity contribution is 5.99. The zero-order valence-corrected chi connectivity index (χ0v) is 16.8. The van der Waals surface area contributed by atoms with E-state index in [9.17, 15) is 4.79 Å². The molecule has 0 spiro atoms. The fourth-order valence-electron chi connectivity index (χ4n) is 3.50. The number of benzene rings is 3. The lowest BCUT2D eigenvalue weighted by Gasteiger charge is -2.31. The minimum atomic E-state index is -0.455. The zero-order chi connectivity index (χ0) is 20.9. The van der Waals surface area contributed by atoms with E-state index in [1.54, 1.807) is 6.20 Å². The van der Waals surface area contributed by atoms with Gasteiger partial charge >= 0.3 is 0 Å². The molecule has 3 aromatic carbocycles. The van der Waals surface area contributed by atoms with Gasteiger partial charge in [0.25, 0.3) is 0 Å². The number of hydrogen-bond donors (Lipinski definition) is 2. The molecule has 0 aliphatic heterocycles. The molecule has 1 atom stereocenters. The van der Waals surface area contributed by atoms with E-state index in [0.717, 1.165) is 27.8 Å². The molecule has 0 saturated carbocycles. The Hall–Kier alpha value is -3.86. The van der Waals surface area contributed by atoms with Crippen molar-refractivity contribution in [3.05, 3.63) is 96.8 Å². The van der Waals surface area contributed by atoms with E-state index in [1.165, 1.54) is 0 Å². The van der Waals surface area contributed by atoms with Crippen LogP contribution in [0.3, 0.4) is 0 Å². The molecule has 1 aromatic heterocycles. The Kier molecular flexibility index (Phi) is 5.61. The maximum absolute atomic E-state index is 13.2. The number of carbonyl (C=O) groups excluding carboxylic acids is 1. The monoisotopic (exact) mass is 396 g/mol. The topological polar surface area (TPSA) is 71.2 Å². The number of para-hydroxylation sites is 2. The third-order valence-corrected chi connectivity index (χ3v) is 5.17. The van der Waals surface area contributed by atoms with Crippen LogP contribution in [0.1, 0.15) is 12.6 Å². The highest BCUT2D eigenvalue weighted by Crippen LogP contribution is 2.27. The number of nitrogens with one attached hydrogen (secondary N) is 1. The molecule has 0 radical (unpaired) electrons. The van der Waals surface area contributed by atoms with Crippen molar-refractivity contribution in [2.75, 3.05) is 16.0 Å². The molecule has 5 nitrogen and oxygen atoms in total. The van der Waals surface area contributed by atoms with Crippen LogP contribution in [0, 0.1) is 0 Å². The second-order valence-electron chi connectivity index (χ2n) is 7.23. The summed E-state index contributed by atoms with van der Waals surface area (Å²) in [4.78, 5) is 19.6. The minimum absolute atomic E-state index is 0.107. The zero-order valence-electron chi connectivity index (χ0n) is 16.8. The Labute approximate surface area is 176 Å². The predicted octanol–water partition coefficient (Wildman–Crippen LogP) is 4.85. The van der Waals surface area contributed by atoms with Crippen LogP contribution < -0.4 is 16.0 Å². The van der Waals surface area contributed by atoms with Crippen molar-refractivity contribution in [2.24, 2.45) is 0 Å². The molecule has 4 aromatic rings. The average Bonchev–Trinajstić information content (AvgIpc) is 2.78. The Morgan fingerprint density at radius 1 is 0.967 bits per heavy atom. The third kappa shape index (κ3) is 4.25. The van der Waals surface area contributed by atoms with Gasteiger partial charge < -0.3 is 16.0 Å². The molecule has 1 unspecified atom stereocenters. The molecule has 30 heavy (non-hydrogen) atoms. The number of anilines is 3. The smallest absolute Gasteiger partial charge is 0.246 e. The Morgan fingerprint density at radius 2 is 1.70 bits per heavy atom.